The number of methoxy groups -OCH3 is 1. The van der Waals surface area contributed by atoms with Crippen LogP contribution in [0.4, 0.5) is 0 Å². The highest BCUT2D eigenvalue weighted by atomic mass is 32.2. The lowest BCUT2D eigenvalue weighted by Gasteiger charge is -2.25. The lowest BCUT2D eigenvalue weighted by atomic mass is 10.3. The first-order chi connectivity index (χ1) is 10.2. The molecule has 0 N–H and O–H groups in total. The number of thiophene rings is 1. The Balaban J connectivity index is 2.40. The lowest BCUT2D eigenvalue weighted by molar-refractivity contribution is 0.0602. The fourth-order valence-corrected chi connectivity index (χ4v) is 7.29. The van der Waals surface area contributed by atoms with E-state index in [0.29, 0.717) is 0 Å². The average Bonchev–Trinajstić information content (AvgIpc) is 3.05. The van der Waals surface area contributed by atoms with Crippen LogP contribution in [0.2, 0.25) is 0 Å². The number of hydrogen-bond donors (Lipinski definition) is 0. The Morgan fingerprint density at radius 2 is 2.18 bits per heavy atom. The Hall–Kier alpha value is -0.970. The van der Waals surface area contributed by atoms with E-state index in [1.807, 2.05) is 0 Å². The number of esters is 1. The van der Waals surface area contributed by atoms with Gasteiger partial charge in [0.05, 0.1) is 18.6 Å². The van der Waals surface area contributed by atoms with Crippen LogP contribution in [0.3, 0.4) is 0 Å². The second-order valence-electron chi connectivity index (χ2n) is 4.87. The molecule has 0 radical (unpaired) electrons. The van der Waals surface area contributed by atoms with Crippen molar-refractivity contribution in [2.45, 2.75) is 24.3 Å². The second-order valence-corrected chi connectivity index (χ2v) is 9.87. The van der Waals surface area contributed by atoms with Crippen molar-refractivity contribution >= 4 is 37.2 Å². The van der Waals surface area contributed by atoms with Gasteiger partial charge >= 0.3 is 5.97 Å². The van der Waals surface area contributed by atoms with Crippen LogP contribution in [-0.2, 0) is 24.6 Å². The molecule has 0 aromatic carbocycles. The van der Waals surface area contributed by atoms with Crippen molar-refractivity contribution < 1.29 is 26.4 Å². The number of rotatable bonds is 5. The molecule has 1 fully saturated rings. The Morgan fingerprint density at radius 3 is 2.68 bits per heavy atom. The third kappa shape index (κ3) is 3.19. The van der Waals surface area contributed by atoms with E-state index in [9.17, 15) is 21.6 Å². The van der Waals surface area contributed by atoms with Crippen molar-refractivity contribution in [3.05, 3.63) is 16.3 Å². The second kappa shape index (κ2) is 6.26. The molecule has 124 valence electrons. The molecule has 2 rings (SSSR count). The predicted octanol–water partition coefficient (Wildman–Crippen LogP) is 0.732. The molecule has 0 spiro atoms. The summed E-state index contributed by atoms with van der Waals surface area (Å²) in [5, 5.41) is 1.50. The van der Waals surface area contributed by atoms with Crippen molar-refractivity contribution in [1.82, 2.24) is 4.31 Å². The topological polar surface area (TPSA) is 97.8 Å². The van der Waals surface area contributed by atoms with E-state index in [1.165, 1.54) is 18.6 Å². The molecular formula is C12H17NO6S3. The third-order valence-electron chi connectivity index (χ3n) is 3.51. The van der Waals surface area contributed by atoms with E-state index >= 15 is 0 Å². The van der Waals surface area contributed by atoms with Gasteiger partial charge in [-0.2, -0.15) is 4.31 Å². The molecule has 1 aliphatic rings. The van der Waals surface area contributed by atoms with Gasteiger partial charge in [-0.25, -0.2) is 21.6 Å². The molecule has 1 atom stereocenters. The first kappa shape index (κ1) is 17.4. The molecule has 1 aliphatic heterocycles. The normalized spacial score (nSPS) is 21.1. The summed E-state index contributed by atoms with van der Waals surface area (Å²) in [6.45, 7) is 1.78. The molecule has 1 aromatic rings. The van der Waals surface area contributed by atoms with Crippen LogP contribution in [-0.4, -0.2) is 58.3 Å². The zero-order valence-corrected chi connectivity index (χ0v) is 14.6. The van der Waals surface area contributed by atoms with Gasteiger partial charge in [0.25, 0.3) is 0 Å². The van der Waals surface area contributed by atoms with Crippen LogP contribution in [0.25, 0.3) is 0 Å². The first-order valence-corrected chi connectivity index (χ1v) is 10.7. The summed E-state index contributed by atoms with van der Waals surface area (Å²) in [5.74, 6) is -0.918. The standard InChI is InChI=1S/C12H17NO6S3/c1-3-13(9-5-7-21(15,16)8-9)22(17,18)10-4-6-20-11(10)12(14)19-2/h4,6,9H,3,5,7-8H2,1-2H3. The average molecular weight is 367 g/mol. The molecular weight excluding hydrogens is 350 g/mol. The minimum Gasteiger partial charge on any atom is -0.465 e. The third-order valence-corrected chi connectivity index (χ3v) is 8.36. The van der Waals surface area contributed by atoms with E-state index < -0.39 is 31.9 Å². The summed E-state index contributed by atoms with van der Waals surface area (Å²) in [5.41, 5.74) is 0. The highest BCUT2D eigenvalue weighted by Gasteiger charge is 2.39. The van der Waals surface area contributed by atoms with Crippen LogP contribution >= 0.6 is 11.3 Å². The summed E-state index contributed by atoms with van der Waals surface area (Å²) in [7, 11) is -5.97. The van der Waals surface area contributed by atoms with Crippen molar-refractivity contribution in [2.24, 2.45) is 0 Å². The van der Waals surface area contributed by atoms with Gasteiger partial charge in [0.1, 0.15) is 9.77 Å². The molecule has 1 aromatic heterocycles. The predicted molar refractivity (Wildman–Crippen MR) is 82.3 cm³/mol. The van der Waals surface area contributed by atoms with Gasteiger partial charge in [-0.05, 0) is 17.9 Å². The van der Waals surface area contributed by atoms with Crippen molar-refractivity contribution in [3.8, 4) is 0 Å². The van der Waals surface area contributed by atoms with Crippen LogP contribution in [0.15, 0.2) is 16.3 Å². The van der Waals surface area contributed by atoms with Crippen molar-refractivity contribution in [3.63, 3.8) is 0 Å². The summed E-state index contributed by atoms with van der Waals surface area (Å²) in [6, 6.07) is 0.753. The minimum atomic E-state index is -3.95. The SMILES string of the molecule is CCN(C1CCS(=O)(=O)C1)S(=O)(=O)c1ccsc1C(=O)OC. The molecule has 2 heterocycles. The molecule has 0 aliphatic carbocycles. The highest BCUT2D eigenvalue weighted by molar-refractivity contribution is 7.92. The molecule has 0 bridgehead atoms. The van der Waals surface area contributed by atoms with Gasteiger partial charge in [0, 0.05) is 12.6 Å². The summed E-state index contributed by atoms with van der Waals surface area (Å²) < 4.78 is 54.5. The molecule has 22 heavy (non-hydrogen) atoms. The van der Waals surface area contributed by atoms with Gasteiger partial charge in [-0.15, -0.1) is 11.3 Å². The maximum absolute atomic E-state index is 12.8. The largest absolute Gasteiger partial charge is 0.465 e. The quantitative estimate of drug-likeness (QED) is 0.712. The summed E-state index contributed by atoms with van der Waals surface area (Å²) >= 11 is 0.981. The van der Waals surface area contributed by atoms with Gasteiger partial charge in [-0.1, -0.05) is 6.92 Å². The monoisotopic (exact) mass is 367 g/mol. The minimum absolute atomic E-state index is 0.00167. The fraction of sp³-hybridized carbons (Fsp3) is 0.583. The fourth-order valence-electron chi connectivity index (χ4n) is 2.50. The maximum Gasteiger partial charge on any atom is 0.349 e. The van der Waals surface area contributed by atoms with E-state index in [4.69, 9.17) is 0 Å². The first-order valence-electron chi connectivity index (χ1n) is 6.61. The highest BCUT2D eigenvalue weighted by Crippen LogP contribution is 2.29. The van der Waals surface area contributed by atoms with Crippen LogP contribution in [0.1, 0.15) is 23.0 Å². The number of ether oxygens (including phenoxy) is 1. The molecule has 7 nitrogen and oxygen atoms in total. The van der Waals surface area contributed by atoms with Crippen LogP contribution < -0.4 is 0 Å². The smallest absolute Gasteiger partial charge is 0.349 e. The van der Waals surface area contributed by atoms with E-state index in [1.54, 1.807) is 6.92 Å². The Kier molecular flexibility index (Phi) is 4.95. The zero-order valence-electron chi connectivity index (χ0n) is 12.2. The zero-order chi connectivity index (χ0) is 16.5. The van der Waals surface area contributed by atoms with Crippen LogP contribution in [0, 0.1) is 0 Å². The molecule has 0 saturated carbocycles. The Labute approximate surface area is 133 Å². The van der Waals surface area contributed by atoms with Crippen molar-refractivity contribution in [2.75, 3.05) is 25.2 Å². The number of carbonyl (C=O) groups is 1. The number of sulfone groups is 1. The van der Waals surface area contributed by atoms with Gasteiger partial charge < -0.3 is 4.74 Å². The van der Waals surface area contributed by atoms with Crippen molar-refractivity contribution in [1.29, 1.82) is 0 Å². The van der Waals surface area contributed by atoms with Gasteiger partial charge in [-0.3, -0.25) is 0 Å². The number of nitrogens with zero attached hydrogens (tertiary/aromatic N) is 1. The van der Waals surface area contributed by atoms with Gasteiger partial charge in [0.2, 0.25) is 10.0 Å². The van der Waals surface area contributed by atoms with E-state index in [-0.39, 0.29) is 34.2 Å². The Bertz CT molecular complexity index is 765. The molecule has 0 amide bonds. The molecule has 1 unspecified atom stereocenters. The van der Waals surface area contributed by atoms with Gasteiger partial charge in [0.15, 0.2) is 9.84 Å². The van der Waals surface area contributed by atoms with E-state index in [0.717, 1.165) is 15.6 Å². The molecule has 1 saturated heterocycles. The summed E-state index contributed by atoms with van der Waals surface area (Å²) in [6.07, 6.45) is 0.271. The van der Waals surface area contributed by atoms with Crippen LogP contribution in [0.5, 0.6) is 0 Å². The lowest BCUT2D eigenvalue weighted by Crippen LogP contribution is -2.41. The number of carbonyl (C=O) groups excluding carboxylic acids is 1. The van der Waals surface area contributed by atoms with E-state index in [2.05, 4.69) is 4.74 Å². The Morgan fingerprint density at radius 1 is 1.50 bits per heavy atom. The number of hydrogen-bond acceptors (Lipinski definition) is 7. The maximum atomic E-state index is 12.8. The number of sulfonamides is 1. The summed E-state index contributed by atoms with van der Waals surface area (Å²) in [4.78, 5) is 11.6. The molecule has 10 heteroatoms.